The molecule has 2 aromatic carbocycles. The molecule has 2 N–H and O–H groups in total. The van der Waals surface area contributed by atoms with Gasteiger partial charge in [0.25, 0.3) is 5.91 Å². The standard InChI is InChI=1S/C20H12FN5OS/c21-15-6-4-13(5-7-15)18-16(10-23-26-18)19(27)25-20-24-17(11-28-20)14-3-1-2-12(8-14)9-22/h1-8,10-11H,(H,23,26)(H,24,25,27). The lowest BCUT2D eigenvalue weighted by Crippen LogP contribution is -2.12. The molecule has 0 aliphatic rings. The number of carbonyl (C=O) groups excluding carboxylic acids is 1. The maximum absolute atomic E-state index is 13.1. The number of H-pyrrole nitrogens is 1. The largest absolute Gasteiger partial charge is 0.298 e. The summed E-state index contributed by atoms with van der Waals surface area (Å²) in [6, 6.07) is 15.0. The zero-order valence-corrected chi connectivity index (χ0v) is 15.1. The molecule has 0 aliphatic carbocycles. The van der Waals surface area contributed by atoms with Gasteiger partial charge in [-0.25, -0.2) is 9.37 Å². The topological polar surface area (TPSA) is 94.5 Å². The second-order valence-corrected chi connectivity index (χ2v) is 6.71. The molecule has 1 amide bonds. The number of anilines is 1. The minimum absolute atomic E-state index is 0.329. The Kier molecular flexibility index (Phi) is 4.66. The number of nitrogens with zero attached hydrogens (tertiary/aromatic N) is 3. The quantitative estimate of drug-likeness (QED) is 0.539. The molecule has 0 spiro atoms. The van der Waals surface area contributed by atoms with Crippen molar-refractivity contribution in [2.24, 2.45) is 0 Å². The summed E-state index contributed by atoms with van der Waals surface area (Å²) in [5, 5.41) is 20.7. The number of thiazole rings is 1. The molecule has 2 aromatic heterocycles. The number of hydrogen-bond donors (Lipinski definition) is 2. The van der Waals surface area contributed by atoms with E-state index in [9.17, 15) is 9.18 Å². The molecule has 6 nitrogen and oxygen atoms in total. The average molecular weight is 389 g/mol. The molecule has 0 aliphatic heterocycles. The summed E-state index contributed by atoms with van der Waals surface area (Å²) in [5.74, 6) is -0.732. The normalized spacial score (nSPS) is 10.4. The zero-order valence-electron chi connectivity index (χ0n) is 14.3. The molecule has 4 aromatic rings. The third kappa shape index (κ3) is 3.51. The molecule has 8 heteroatoms. The molecule has 0 bridgehead atoms. The second kappa shape index (κ2) is 7.42. The highest BCUT2D eigenvalue weighted by atomic mass is 32.1. The molecule has 0 fully saturated rings. The summed E-state index contributed by atoms with van der Waals surface area (Å²) in [7, 11) is 0. The lowest BCUT2D eigenvalue weighted by molar-refractivity contribution is 0.102. The molecule has 4 rings (SSSR count). The van der Waals surface area contributed by atoms with Crippen LogP contribution in [0.25, 0.3) is 22.5 Å². The average Bonchev–Trinajstić information content (AvgIpc) is 3.38. The minimum Gasteiger partial charge on any atom is -0.298 e. The fraction of sp³-hybridized carbons (Fsp3) is 0. The van der Waals surface area contributed by atoms with Crippen LogP contribution in [0.4, 0.5) is 9.52 Å². The van der Waals surface area contributed by atoms with Crippen molar-refractivity contribution in [1.29, 1.82) is 5.26 Å². The van der Waals surface area contributed by atoms with Gasteiger partial charge in [0.05, 0.1) is 34.8 Å². The van der Waals surface area contributed by atoms with E-state index < -0.39 is 0 Å². The van der Waals surface area contributed by atoms with Crippen LogP contribution in [0.15, 0.2) is 60.1 Å². The van der Waals surface area contributed by atoms with Crippen LogP contribution in [0, 0.1) is 17.1 Å². The summed E-state index contributed by atoms with van der Waals surface area (Å²) in [5.41, 5.74) is 3.48. The Hall–Kier alpha value is -3.83. The van der Waals surface area contributed by atoms with Crippen LogP contribution >= 0.6 is 11.3 Å². The van der Waals surface area contributed by atoms with Gasteiger partial charge in [-0.15, -0.1) is 11.3 Å². The number of halogens is 1. The molecule has 136 valence electrons. The van der Waals surface area contributed by atoms with Crippen molar-refractivity contribution in [2.75, 3.05) is 5.32 Å². The fourth-order valence-electron chi connectivity index (χ4n) is 2.67. The third-order valence-corrected chi connectivity index (χ3v) is 4.79. The number of nitriles is 1. The van der Waals surface area contributed by atoms with E-state index in [1.165, 1.54) is 29.7 Å². The van der Waals surface area contributed by atoms with Crippen LogP contribution in [-0.4, -0.2) is 21.1 Å². The first-order valence-electron chi connectivity index (χ1n) is 8.21. The van der Waals surface area contributed by atoms with Crippen molar-refractivity contribution in [3.8, 4) is 28.6 Å². The predicted molar refractivity (Wildman–Crippen MR) is 104 cm³/mol. The van der Waals surface area contributed by atoms with Crippen molar-refractivity contribution in [3.63, 3.8) is 0 Å². The number of benzene rings is 2. The summed E-state index contributed by atoms with van der Waals surface area (Å²) >= 11 is 1.28. The Balaban J connectivity index is 1.56. The van der Waals surface area contributed by atoms with Gasteiger partial charge < -0.3 is 0 Å². The number of rotatable bonds is 4. The van der Waals surface area contributed by atoms with E-state index in [1.807, 2.05) is 11.4 Å². The SMILES string of the molecule is N#Cc1cccc(-c2csc(NC(=O)c3cn[nH]c3-c3ccc(F)cc3)n2)c1. The van der Waals surface area contributed by atoms with E-state index in [0.717, 1.165) is 5.56 Å². The molecule has 0 saturated carbocycles. The lowest BCUT2D eigenvalue weighted by Gasteiger charge is -2.03. The van der Waals surface area contributed by atoms with Crippen molar-refractivity contribution in [2.45, 2.75) is 0 Å². The number of nitrogens with one attached hydrogen (secondary N) is 2. The zero-order chi connectivity index (χ0) is 19.5. The molecule has 0 radical (unpaired) electrons. The smallest absolute Gasteiger partial charge is 0.261 e. The Labute approximate surface area is 163 Å². The Morgan fingerprint density at radius 3 is 2.79 bits per heavy atom. The number of carbonyl (C=O) groups is 1. The molecule has 0 unspecified atom stereocenters. The van der Waals surface area contributed by atoms with E-state index in [4.69, 9.17) is 5.26 Å². The first-order chi connectivity index (χ1) is 13.6. The van der Waals surface area contributed by atoms with Gasteiger partial charge in [0.2, 0.25) is 0 Å². The fourth-order valence-corrected chi connectivity index (χ4v) is 3.39. The van der Waals surface area contributed by atoms with Crippen LogP contribution in [0.1, 0.15) is 15.9 Å². The highest BCUT2D eigenvalue weighted by Crippen LogP contribution is 2.27. The van der Waals surface area contributed by atoms with Crippen LogP contribution in [0.3, 0.4) is 0 Å². The van der Waals surface area contributed by atoms with E-state index >= 15 is 0 Å². The summed E-state index contributed by atoms with van der Waals surface area (Å²) in [6.45, 7) is 0. The maximum atomic E-state index is 13.1. The maximum Gasteiger partial charge on any atom is 0.261 e. The summed E-state index contributed by atoms with van der Waals surface area (Å²) in [6.07, 6.45) is 1.42. The molecule has 28 heavy (non-hydrogen) atoms. The Bertz CT molecular complexity index is 1190. The Morgan fingerprint density at radius 2 is 2.00 bits per heavy atom. The van der Waals surface area contributed by atoms with E-state index in [2.05, 4.69) is 26.6 Å². The van der Waals surface area contributed by atoms with Crippen molar-refractivity contribution >= 4 is 22.4 Å². The molecule has 0 saturated heterocycles. The molecule has 0 atom stereocenters. The van der Waals surface area contributed by atoms with Gasteiger partial charge in [-0.2, -0.15) is 10.4 Å². The number of aromatic nitrogens is 3. The number of amides is 1. The highest BCUT2D eigenvalue weighted by Gasteiger charge is 2.17. The molecular weight excluding hydrogens is 377 g/mol. The number of aromatic amines is 1. The molecule has 2 heterocycles. The van der Waals surface area contributed by atoms with Crippen molar-refractivity contribution < 1.29 is 9.18 Å². The van der Waals surface area contributed by atoms with E-state index in [1.54, 1.807) is 30.3 Å². The van der Waals surface area contributed by atoms with Crippen LogP contribution < -0.4 is 5.32 Å². The van der Waals surface area contributed by atoms with E-state index in [-0.39, 0.29) is 11.7 Å². The van der Waals surface area contributed by atoms with Gasteiger partial charge in [0.15, 0.2) is 5.13 Å². The van der Waals surface area contributed by atoms with Crippen LogP contribution in [0.2, 0.25) is 0 Å². The van der Waals surface area contributed by atoms with E-state index in [0.29, 0.717) is 33.2 Å². The minimum atomic E-state index is -0.375. The third-order valence-electron chi connectivity index (χ3n) is 4.03. The van der Waals surface area contributed by atoms with Gasteiger partial charge in [0, 0.05) is 16.5 Å². The van der Waals surface area contributed by atoms with Gasteiger partial charge in [-0.1, -0.05) is 12.1 Å². The van der Waals surface area contributed by atoms with Gasteiger partial charge >= 0.3 is 0 Å². The molecular formula is C20H12FN5OS. The van der Waals surface area contributed by atoms with Gasteiger partial charge in [-0.3, -0.25) is 15.2 Å². The van der Waals surface area contributed by atoms with Crippen molar-refractivity contribution in [1.82, 2.24) is 15.2 Å². The van der Waals surface area contributed by atoms with Crippen LogP contribution in [0.5, 0.6) is 0 Å². The summed E-state index contributed by atoms with van der Waals surface area (Å²) in [4.78, 5) is 17.1. The van der Waals surface area contributed by atoms with Gasteiger partial charge in [0.1, 0.15) is 5.82 Å². The summed E-state index contributed by atoms with van der Waals surface area (Å²) < 4.78 is 13.1. The first kappa shape index (κ1) is 17.6. The highest BCUT2D eigenvalue weighted by molar-refractivity contribution is 7.14. The Morgan fingerprint density at radius 1 is 1.18 bits per heavy atom. The van der Waals surface area contributed by atoms with Gasteiger partial charge in [-0.05, 0) is 36.4 Å². The number of hydrogen-bond acceptors (Lipinski definition) is 5. The predicted octanol–water partition coefficient (Wildman–Crippen LogP) is 4.46. The second-order valence-electron chi connectivity index (χ2n) is 5.85. The lowest BCUT2D eigenvalue weighted by atomic mass is 10.1. The van der Waals surface area contributed by atoms with Crippen LogP contribution in [-0.2, 0) is 0 Å². The monoisotopic (exact) mass is 389 g/mol. The van der Waals surface area contributed by atoms with Crippen molar-refractivity contribution in [3.05, 3.63) is 77.1 Å². The first-order valence-corrected chi connectivity index (χ1v) is 9.09.